The first-order valence-corrected chi connectivity index (χ1v) is 7.25. The van der Waals surface area contributed by atoms with Gasteiger partial charge in [-0.1, -0.05) is 27.5 Å². The van der Waals surface area contributed by atoms with Crippen LogP contribution in [0.15, 0.2) is 45.3 Å². The van der Waals surface area contributed by atoms with Gasteiger partial charge in [0.15, 0.2) is 0 Å². The van der Waals surface area contributed by atoms with Gasteiger partial charge in [-0.2, -0.15) is 0 Å². The third kappa shape index (κ3) is 3.49. The SMILES string of the molecule is Nc1cc(Br)ccc1NC(=O)c1ccc(Cl)cc1Br. The normalized spacial score (nSPS) is 10.3. The highest BCUT2D eigenvalue weighted by molar-refractivity contribution is 9.10. The first-order valence-electron chi connectivity index (χ1n) is 5.29. The minimum atomic E-state index is -0.252. The van der Waals surface area contributed by atoms with E-state index in [2.05, 4.69) is 37.2 Å². The predicted molar refractivity (Wildman–Crippen MR) is 85.7 cm³/mol. The fourth-order valence-electron chi connectivity index (χ4n) is 1.51. The number of benzene rings is 2. The van der Waals surface area contributed by atoms with Crippen LogP contribution in [0.5, 0.6) is 0 Å². The first-order chi connectivity index (χ1) is 8.97. The van der Waals surface area contributed by atoms with Crippen LogP contribution in [-0.4, -0.2) is 5.91 Å². The number of halogens is 3. The molecule has 0 aliphatic carbocycles. The Morgan fingerprint density at radius 3 is 2.53 bits per heavy atom. The summed E-state index contributed by atoms with van der Waals surface area (Å²) in [6.45, 7) is 0. The molecule has 2 rings (SSSR count). The first kappa shape index (κ1) is 14.4. The van der Waals surface area contributed by atoms with Crippen molar-refractivity contribution >= 4 is 60.7 Å². The van der Waals surface area contributed by atoms with Gasteiger partial charge < -0.3 is 11.1 Å². The minimum absolute atomic E-state index is 0.252. The molecule has 19 heavy (non-hydrogen) atoms. The Bertz CT molecular complexity index is 647. The Morgan fingerprint density at radius 2 is 1.89 bits per heavy atom. The molecule has 0 aliphatic rings. The molecule has 0 aromatic heterocycles. The average molecular weight is 404 g/mol. The molecule has 6 heteroatoms. The average Bonchev–Trinajstić information content (AvgIpc) is 2.32. The van der Waals surface area contributed by atoms with Crippen molar-refractivity contribution in [2.75, 3.05) is 11.1 Å². The van der Waals surface area contributed by atoms with Gasteiger partial charge in [0.05, 0.1) is 16.9 Å². The maximum atomic E-state index is 12.1. The summed E-state index contributed by atoms with van der Waals surface area (Å²) >= 11 is 12.5. The molecule has 2 aromatic rings. The standard InChI is InChI=1S/C13H9Br2ClN2O/c14-7-1-4-12(11(17)5-7)18-13(19)9-3-2-8(16)6-10(9)15/h1-6H,17H2,(H,18,19). The topological polar surface area (TPSA) is 55.1 Å². The highest BCUT2D eigenvalue weighted by Crippen LogP contribution is 2.26. The zero-order valence-electron chi connectivity index (χ0n) is 9.58. The molecule has 0 saturated carbocycles. The largest absolute Gasteiger partial charge is 0.397 e. The third-order valence-electron chi connectivity index (χ3n) is 2.44. The van der Waals surface area contributed by atoms with Crippen molar-refractivity contribution in [3.05, 3.63) is 55.9 Å². The van der Waals surface area contributed by atoms with Gasteiger partial charge in [-0.25, -0.2) is 0 Å². The molecule has 0 radical (unpaired) electrons. The summed E-state index contributed by atoms with van der Waals surface area (Å²) in [7, 11) is 0. The molecule has 0 unspecified atom stereocenters. The Labute approximate surface area is 132 Å². The van der Waals surface area contributed by atoms with Crippen LogP contribution in [0.3, 0.4) is 0 Å². The molecular formula is C13H9Br2ClN2O. The van der Waals surface area contributed by atoms with E-state index >= 15 is 0 Å². The summed E-state index contributed by atoms with van der Waals surface area (Å²) in [4.78, 5) is 12.1. The highest BCUT2D eigenvalue weighted by Gasteiger charge is 2.12. The van der Waals surface area contributed by atoms with Crippen LogP contribution in [0, 0.1) is 0 Å². The van der Waals surface area contributed by atoms with E-state index in [-0.39, 0.29) is 5.91 Å². The summed E-state index contributed by atoms with van der Waals surface area (Å²) in [5.41, 5.74) is 7.38. The second-order valence-corrected chi connectivity index (χ2v) is 6.02. The number of carbonyl (C=O) groups excluding carboxylic acids is 1. The Morgan fingerprint density at radius 1 is 1.16 bits per heavy atom. The number of anilines is 2. The fourth-order valence-corrected chi connectivity index (χ4v) is 2.75. The summed E-state index contributed by atoms with van der Waals surface area (Å²) < 4.78 is 1.49. The number of amides is 1. The van der Waals surface area contributed by atoms with Gasteiger partial charge in [-0.3, -0.25) is 4.79 Å². The van der Waals surface area contributed by atoms with Crippen molar-refractivity contribution in [3.63, 3.8) is 0 Å². The van der Waals surface area contributed by atoms with Crippen LogP contribution in [0.25, 0.3) is 0 Å². The maximum absolute atomic E-state index is 12.1. The molecule has 0 saturated heterocycles. The molecule has 0 bridgehead atoms. The quantitative estimate of drug-likeness (QED) is 0.713. The van der Waals surface area contributed by atoms with Crippen LogP contribution >= 0.6 is 43.5 Å². The number of hydrogen-bond donors (Lipinski definition) is 2. The van der Waals surface area contributed by atoms with E-state index in [0.717, 1.165) is 4.47 Å². The molecule has 0 fully saturated rings. The summed E-state index contributed by atoms with van der Waals surface area (Å²) in [6, 6.07) is 10.3. The molecular weight excluding hydrogens is 395 g/mol. The molecule has 3 nitrogen and oxygen atoms in total. The molecule has 0 spiro atoms. The third-order valence-corrected chi connectivity index (χ3v) is 3.82. The maximum Gasteiger partial charge on any atom is 0.256 e. The van der Waals surface area contributed by atoms with Gasteiger partial charge in [0.25, 0.3) is 5.91 Å². The number of nitrogens with one attached hydrogen (secondary N) is 1. The molecule has 1 amide bonds. The number of rotatable bonds is 2. The predicted octanol–water partition coefficient (Wildman–Crippen LogP) is 4.70. The van der Waals surface area contributed by atoms with Gasteiger partial charge in [-0.05, 0) is 52.3 Å². The van der Waals surface area contributed by atoms with Gasteiger partial charge in [0.1, 0.15) is 0 Å². The Kier molecular flexibility index (Phi) is 4.50. The molecule has 98 valence electrons. The molecule has 0 heterocycles. The van der Waals surface area contributed by atoms with E-state index in [1.165, 1.54) is 0 Å². The van der Waals surface area contributed by atoms with Gasteiger partial charge in [-0.15, -0.1) is 0 Å². The summed E-state index contributed by atoms with van der Waals surface area (Å²) in [5, 5.41) is 3.32. The van der Waals surface area contributed by atoms with Crippen molar-refractivity contribution in [2.45, 2.75) is 0 Å². The van der Waals surface area contributed by atoms with Crippen molar-refractivity contribution in [1.29, 1.82) is 0 Å². The number of nitrogens with two attached hydrogens (primary N) is 1. The van der Waals surface area contributed by atoms with Gasteiger partial charge in [0, 0.05) is 14.0 Å². The molecule has 0 atom stereocenters. The van der Waals surface area contributed by atoms with Crippen LogP contribution in [0.1, 0.15) is 10.4 Å². The van der Waals surface area contributed by atoms with Crippen LogP contribution in [0.2, 0.25) is 5.02 Å². The molecule has 0 aliphatic heterocycles. The zero-order chi connectivity index (χ0) is 14.0. The van der Waals surface area contributed by atoms with Crippen molar-refractivity contribution in [2.24, 2.45) is 0 Å². The lowest BCUT2D eigenvalue weighted by Gasteiger charge is -2.09. The Balaban J connectivity index is 2.25. The van der Waals surface area contributed by atoms with E-state index in [9.17, 15) is 4.79 Å². The van der Waals surface area contributed by atoms with Crippen molar-refractivity contribution in [1.82, 2.24) is 0 Å². The lowest BCUT2D eigenvalue weighted by molar-refractivity contribution is 0.102. The summed E-state index contributed by atoms with van der Waals surface area (Å²) in [5.74, 6) is -0.252. The zero-order valence-corrected chi connectivity index (χ0v) is 13.5. The highest BCUT2D eigenvalue weighted by atomic mass is 79.9. The van der Waals surface area contributed by atoms with Crippen molar-refractivity contribution < 1.29 is 4.79 Å². The number of hydrogen-bond acceptors (Lipinski definition) is 2. The smallest absolute Gasteiger partial charge is 0.256 e. The van der Waals surface area contributed by atoms with Crippen LogP contribution < -0.4 is 11.1 Å². The van der Waals surface area contributed by atoms with E-state index in [1.807, 2.05) is 6.07 Å². The Hall–Kier alpha value is -1.04. The lowest BCUT2D eigenvalue weighted by atomic mass is 10.2. The van der Waals surface area contributed by atoms with Crippen LogP contribution in [0.4, 0.5) is 11.4 Å². The van der Waals surface area contributed by atoms with Gasteiger partial charge in [0.2, 0.25) is 0 Å². The van der Waals surface area contributed by atoms with E-state index < -0.39 is 0 Å². The minimum Gasteiger partial charge on any atom is -0.397 e. The van der Waals surface area contributed by atoms with Gasteiger partial charge >= 0.3 is 0 Å². The second-order valence-electron chi connectivity index (χ2n) is 3.81. The van der Waals surface area contributed by atoms with E-state index in [1.54, 1.807) is 30.3 Å². The lowest BCUT2D eigenvalue weighted by Crippen LogP contribution is -2.13. The summed E-state index contributed by atoms with van der Waals surface area (Å²) in [6.07, 6.45) is 0. The second kappa shape index (κ2) is 5.94. The molecule has 3 N–H and O–H groups in total. The number of nitrogen functional groups attached to an aromatic ring is 1. The fraction of sp³-hybridized carbons (Fsp3) is 0. The number of carbonyl (C=O) groups is 1. The monoisotopic (exact) mass is 402 g/mol. The van der Waals surface area contributed by atoms with E-state index in [4.69, 9.17) is 17.3 Å². The van der Waals surface area contributed by atoms with E-state index in [0.29, 0.717) is 26.4 Å². The van der Waals surface area contributed by atoms with Crippen molar-refractivity contribution in [3.8, 4) is 0 Å². The molecule has 2 aromatic carbocycles. The van der Waals surface area contributed by atoms with Crippen LogP contribution in [-0.2, 0) is 0 Å².